The topological polar surface area (TPSA) is 128 Å². The summed E-state index contributed by atoms with van der Waals surface area (Å²) in [6, 6.07) is 2.70. The van der Waals surface area contributed by atoms with Gasteiger partial charge in [0.15, 0.2) is 0 Å². The van der Waals surface area contributed by atoms with E-state index in [0.29, 0.717) is 0 Å². The number of esters is 1. The molecular weight excluding hydrogens is 298 g/mol. The van der Waals surface area contributed by atoms with E-state index >= 15 is 0 Å². The van der Waals surface area contributed by atoms with Crippen molar-refractivity contribution in [3.8, 4) is 0 Å². The lowest BCUT2D eigenvalue weighted by atomic mass is 10.2. The summed E-state index contributed by atoms with van der Waals surface area (Å²) >= 11 is 0. The summed E-state index contributed by atoms with van der Waals surface area (Å²) in [7, 11) is -1.38. The molecule has 21 heavy (non-hydrogen) atoms. The number of nitrogen functional groups attached to an aromatic ring is 1. The van der Waals surface area contributed by atoms with Gasteiger partial charge in [-0.1, -0.05) is 0 Å². The fraction of sp³-hybridized carbons (Fsp3) is 0.333. The number of amides is 1. The van der Waals surface area contributed by atoms with Crippen molar-refractivity contribution in [2.24, 2.45) is 0 Å². The number of likely N-dealkylation sites (N-methyl/N-ethyl adjacent to an activating group) is 1. The molecule has 1 aromatic carbocycles. The van der Waals surface area contributed by atoms with E-state index in [0.717, 1.165) is 0 Å². The van der Waals surface area contributed by atoms with Crippen molar-refractivity contribution >= 4 is 27.6 Å². The van der Waals surface area contributed by atoms with Crippen LogP contribution in [0.5, 0.6) is 0 Å². The molecule has 0 aliphatic heterocycles. The van der Waals surface area contributed by atoms with Crippen molar-refractivity contribution in [1.82, 2.24) is 10.0 Å². The highest BCUT2D eigenvalue weighted by atomic mass is 32.2. The van der Waals surface area contributed by atoms with Crippen molar-refractivity contribution in [2.75, 3.05) is 19.9 Å². The smallest absolute Gasteiger partial charge is 0.337 e. The largest absolute Gasteiger partial charge is 0.465 e. The second-order valence-corrected chi connectivity index (χ2v) is 5.88. The summed E-state index contributed by atoms with van der Waals surface area (Å²) in [5, 5.41) is 2.33. The van der Waals surface area contributed by atoms with Crippen LogP contribution in [-0.4, -0.2) is 40.5 Å². The maximum atomic E-state index is 12.1. The molecule has 9 heteroatoms. The number of nitrogens with one attached hydrogen (secondary N) is 2. The van der Waals surface area contributed by atoms with Gasteiger partial charge in [-0.25, -0.2) is 13.2 Å². The van der Waals surface area contributed by atoms with Crippen LogP contribution in [0.15, 0.2) is 23.1 Å². The molecule has 8 nitrogen and oxygen atoms in total. The first kappa shape index (κ1) is 16.9. The Kier molecular flexibility index (Phi) is 5.28. The van der Waals surface area contributed by atoms with Gasteiger partial charge in [0.1, 0.15) is 4.90 Å². The van der Waals surface area contributed by atoms with Crippen molar-refractivity contribution in [3.05, 3.63) is 23.8 Å². The number of sulfonamides is 1. The van der Waals surface area contributed by atoms with Gasteiger partial charge < -0.3 is 15.8 Å². The summed E-state index contributed by atoms with van der Waals surface area (Å²) in [4.78, 5) is 22.5. The molecule has 0 bridgehead atoms. The standard InChI is InChI=1S/C12H17N3O5S/c1-7(11(16)14-2)15-21(18,19)10-5-4-8(6-9(10)13)12(17)20-3/h4-7,15H,13H2,1-3H3,(H,14,16). The minimum Gasteiger partial charge on any atom is -0.465 e. The van der Waals surface area contributed by atoms with Gasteiger partial charge in [-0.2, -0.15) is 4.72 Å². The van der Waals surface area contributed by atoms with Gasteiger partial charge >= 0.3 is 5.97 Å². The second kappa shape index (κ2) is 6.55. The number of benzene rings is 1. The molecule has 0 saturated heterocycles. The van der Waals surface area contributed by atoms with Crippen LogP contribution >= 0.6 is 0 Å². The predicted octanol–water partition coefficient (Wildman–Crippen LogP) is -0.532. The van der Waals surface area contributed by atoms with Crippen LogP contribution in [0.4, 0.5) is 5.69 Å². The van der Waals surface area contributed by atoms with E-state index in [1.54, 1.807) is 0 Å². The van der Waals surface area contributed by atoms with Gasteiger partial charge in [0.25, 0.3) is 0 Å². The van der Waals surface area contributed by atoms with E-state index in [9.17, 15) is 18.0 Å². The van der Waals surface area contributed by atoms with Crippen LogP contribution in [0.3, 0.4) is 0 Å². The molecule has 0 aliphatic carbocycles. The zero-order valence-electron chi connectivity index (χ0n) is 11.8. The molecule has 0 heterocycles. The number of methoxy groups -OCH3 is 1. The van der Waals surface area contributed by atoms with E-state index in [4.69, 9.17) is 5.73 Å². The third-order valence-corrected chi connectivity index (χ3v) is 4.31. The average molecular weight is 315 g/mol. The lowest BCUT2D eigenvalue weighted by Crippen LogP contribution is -2.43. The maximum absolute atomic E-state index is 12.1. The van der Waals surface area contributed by atoms with Gasteiger partial charge in [0.05, 0.1) is 24.4 Å². The Morgan fingerprint density at radius 3 is 2.43 bits per heavy atom. The van der Waals surface area contributed by atoms with Crippen molar-refractivity contribution < 1.29 is 22.7 Å². The van der Waals surface area contributed by atoms with Gasteiger partial charge in [-0.05, 0) is 25.1 Å². The summed E-state index contributed by atoms with van der Waals surface area (Å²) < 4.78 is 31.0. The number of carbonyl (C=O) groups excluding carboxylic acids is 2. The van der Waals surface area contributed by atoms with Crippen molar-refractivity contribution in [1.29, 1.82) is 0 Å². The fourth-order valence-electron chi connectivity index (χ4n) is 1.60. The van der Waals surface area contributed by atoms with Gasteiger partial charge in [-0.15, -0.1) is 0 Å². The molecule has 0 aliphatic rings. The van der Waals surface area contributed by atoms with Gasteiger partial charge in [0, 0.05) is 7.05 Å². The molecule has 4 N–H and O–H groups in total. The number of anilines is 1. The summed E-state index contributed by atoms with van der Waals surface area (Å²) in [5.74, 6) is -1.11. The summed E-state index contributed by atoms with van der Waals surface area (Å²) in [5.41, 5.74) is 5.67. The van der Waals surface area contributed by atoms with E-state index in [2.05, 4.69) is 14.8 Å². The zero-order chi connectivity index (χ0) is 16.2. The third kappa shape index (κ3) is 3.92. The van der Waals surface area contributed by atoms with E-state index < -0.39 is 27.9 Å². The Hall–Kier alpha value is -2.13. The van der Waals surface area contributed by atoms with Crippen LogP contribution in [0, 0.1) is 0 Å². The van der Waals surface area contributed by atoms with E-state index in [1.807, 2.05) is 0 Å². The first-order chi connectivity index (χ1) is 9.72. The molecule has 1 atom stereocenters. The second-order valence-electron chi connectivity index (χ2n) is 4.20. The molecule has 116 valence electrons. The van der Waals surface area contributed by atoms with E-state index in [-0.39, 0.29) is 16.1 Å². The summed E-state index contributed by atoms with van der Waals surface area (Å²) in [6.45, 7) is 1.40. The zero-order valence-corrected chi connectivity index (χ0v) is 12.7. The van der Waals surface area contributed by atoms with Crippen LogP contribution in [0.2, 0.25) is 0 Å². The molecule has 0 radical (unpaired) electrons. The Bertz CT molecular complexity index is 657. The predicted molar refractivity (Wildman–Crippen MR) is 76.0 cm³/mol. The van der Waals surface area contributed by atoms with Crippen molar-refractivity contribution in [2.45, 2.75) is 17.9 Å². The molecular formula is C12H17N3O5S. The first-order valence-corrected chi connectivity index (χ1v) is 7.43. The first-order valence-electron chi connectivity index (χ1n) is 5.94. The highest BCUT2D eigenvalue weighted by Crippen LogP contribution is 2.20. The van der Waals surface area contributed by atoms with Gasteiger partial charge in [-0.3, -0.25) is 4.79 Å². The molecule has 0 spiro atoms. The minimum atomic E-state index is -3.98. The number of rotatable bonds is 5. The summed E-state index contributed by atoms with van der Waals surface area (Å²) in [6.07, 6.45) is 0. The maximum Gasteiger partial charge on any atom is 0.337 e. The molecule has 0 fully saturated rings. The lowest BCUT2D eigenvalue weighted by Gasteiger charge is -2.14. The molecule has 1 amide bonds. The quantitative estimate of drug-likeness (QED) is 0.495. The normalized spacial score (nSPS) is 12.5. The van der Waals surface area contributed by atoms with Gasteiger partial charge in [0.2, 0.25) is 15.9 Å². The molecule has 1 rings (SSSR count). The Morgan fingerprint density at radius 1 is 1.33 bits per heavy atom. The lowest BCUT2D eigenvalue weighted by molar-refractivity contribution is -0.121. The molecule has 0 aromatic heterocycles. The molecule has 1 unspecified atom stereocenters. The van der Waals surface area contributed by atoms with Crippen LogP contribution in [-0.2, 0) is 19.6 Å². The van der Waals surface area contributed by atoms with Crippen LogP contribution in [0.1, 0.15) is 17.3 Å². The monoisotopic (exact) mass is 315 g/mol. The number of hydrogen-bond acceptors (Lipinski definition) is 6. The average Bonchev–Trinajstić information content (AvgIpc) is 2.44. The third-order valence-electron chi connectivity index (χ3n) is 2.69. The Balaban J connectivity index is 3.10. The number of carbonyl (C=O) groups is 2. The van der Waals surface area contributed by atoms with Crippen molar-refractivity contribution in [3.63, 3.8) is 0 Å². The number of hydrogen-bond donors (Lipinski definition) is 3. The number of nitrogens with two attached hydrogens (primary N) is 1. The molecule has 1 aromatic rings. The number of ether oxygens (including phenoxy) is 1. The SMILES string of the molecule is CNC(=O)C(C)NS(=O)(=O)c1ccc(C(=O)OC)cc1N. The fourth-order valence-corrected chi connectivity index (χ4v) is 2.92. The molecule has 0 saturated carbocycles. The Labute approximate surface area is 122 Å². The highest BCUT2D eigenvalue weighted by molar-refractivity contribution is 7.89. The van der Waals surface area contributed by atoms with Crippen LogP contribution < -0.4 is 15.8 Å². The van der Waals surface area contributed by atoms with E-state index in [1.165, 1.54) is 39.3 Å². The Morgan fingerprint density at radius 2 is 1.95 bits per heavy atom. The minimum absolute atomic E-state index is 0.116. The van der Waals surface area contributed by atoms with Crippen LogP contribution in [0.25, 0.3) is 0 Å². The highest BCUT2D eigenvalue weighted by Gasteiger charge is 2.24.